The molecule has 6 heteroatoms. The first-order valence-electron chi connectivity index (χ1n) is 12.2. The van der Waals surface area contributed by atoms with Gasteiger partial charge in [0, 0.05) is 13.1 Å². The van der Waals surface area contributed by atoms with E-state index in [1.165, 1.54) is 17.2 Å². The monoisotopic (exact) mass is 470 g/mol. The minimum absolute atomic E-state index is 0.0132. The average Bonchev–Trinajstić information content (AvgIpc) is 2.81. The molecule has 0 atom stereocenters. The number of halogens is 3. The molecule has 182 valence electrons. The number of hydrogen-bond acceptors (Lipinski definition) is 3. The normalized spacial score (nSPS) is 17.1. The highest BCUT2D eigenvalue weighted by molar-refractivity contribution is 5.98. The Morgan fingerprint density at radius 1 is 1.06 bits per heavy atom. The second kappa shape index (κ2) is 10.7. The summed E-state index contributed by atoms with van der Waals surface area (Å²) in [5, 5.41) is 4.14. The highest BCUT2D eigenvalue weighted by Crippen LogP contribution is 2.41. The van der Waals surface area contributed by atoms with Gasteiger partial charge < -0.3 is 9.74 Å². The molecule has 2 aromatic carbocycles. The van der Waals surface area contributed by atoms with E-state index in [1.54, 1.807) is 19.1 Å². The van der Waals surface area contributed by atoms with E-state index < -0.39 is 11.7 Å². The molecule has 1 fully saturated rings. The third-order valence-electron chi connectivity index (χ3n) is 6.94. The van der Waals surface area contributed by atoms with Crippen molar-refractivity contribution in [2.75, 3.05) is 6.54 Å². The lowest BCUT2D eigenvalue weighted by Crippen LogP contribution is -2.24. The van der Waals surface area contributed by atoms with Gasteiger partial charge in [0.1, 0.15) is 6.61 Å². The number of alkyl halides is 3. The second-order valence-corrected chi connectivity index (χ2v) is 9.36. The summed E-state index contributed by atoms with van der Waals surface area (Å²) in [6.45, 7) is 5.99. The van der Waals surface area contributed by atoms with Gasteiger partial charge in [-0.2, -0.15) is 13.2 Å². The van der Waals surface area contributed by atoms with Gasteiger partial charge in [0.15, 0.2) is 0 Å². The van der Waals surface area contributed by atoms with Gasteiger partial charge in [-0.05, 0) is 78.3 Å². The molecule has 34 heavy (non-hydrogen) atoms. The maximum absolute atomic E-state index is 13.9. The van der Waals surface area contributed by atoms with E-state index in [4.69, 9.17) is 4.84 Å². The van der Waals surface area contributed by atoms with Gasteiger partial charge in [-0.25, -0.2) is 0 Å². The van der Waals surface area contributed by atoms with E-state index in [0.717, 1.165) is 57.2 Å². The maximum atomic E-state index is 13.9. The largest absolute Gasteiger partial charge is 0.416 e. The van der Waals surface area contributed by atoms with Crippen LogP contribution in [0.4, 0.5) is 13.2 Å². The van der Waals surface area contributed by atoms with E-state index in [2.05, 4.69) is 41.4 Å². The molecule has 0 saturated heterocycles. The first-order chi connectivity index (χ1) is 16.3. The Morgan fingerprint density at radius 3 is 2.47 bits per heavy atom. The van der Waals surface area contributed by atoms with Crippen molar-refractivity contribution in [3.05, 3.63) is 82.1 Å². The van der Waals surface area contributed by atoms with Crippen LogP contribution in [-0.4, -0.2) is 17.2 Å². The molecule has 2 aliphatic rings. The molecular weight excluding hydrogens is 437 g/mol. The molecule has 0 bridgehead atoms. The lowest BCUT2D eigenvalue weighted by atomic mass is 9.81. The quantitative estimate of drug-likeness (QED) is 0.293. The number of rotatable bonds is 8. The van der Waals surface area contributed by atoms with Gasteiger partial charge in [0.25, 0.3) is 0 Å². The van der Waals surface area contributed by atoms with Gasteiger partial charge in [-0.1, -0.05) is 61.7 Å². The lowest BCUT2D eigenvalue weighted by Gasteiger charge is -2.26. The molecule has 1 aliphatic carbocycles. The molecule has 0 spiro atoms. The fraction of sp³-hybridized carbons (Fsp3) is 0.464. The van der Waals surface area contributed by atoms with Crippen LogP contribution in [0.2, 0.25) is 0 Å². The molecule has 0 amide bonds. The molecule has 1 saturated carbocycles. The van der Waals surface area contributed by atoms with Crippen LogP contribution in [0.3, 0.4) is 0 Å². The van der Waals surface area contributed by atoms with Crippen molar-refractivity contribution in [2.24, 2.45) is 5.16 Å². The van der Waals surface area contributed by atoms with Gasteiger partial charge in [0.2, 0.25) is 0 Å². The van der Waals surface area contributed by atoms with E-state index in [0.29, 0.717) is 16.8 Å². The van der Waals surface area contributed by atoms with E-state index in [1.807, 2.05) is 6.07 Å². The number of oxime groups is 1. The zero-order chi connectivity index (χ0) is 24.1. The van der Waals surface area contributed by atoms with Gasteiger partial charge in [-0.3, -0.25) is 0 Å². The molecule has 3 nitrogen and oxygen atoms in total. The number of hydrogen-bond donors (Lipinski definition) is 0. The summed E-state index contributed by atoms with van der Waals surface area (Å²) in [6, 6.07) is 10.9. The van der Waals surface area contributed by atoms with E-state index >= 15 is 0 Å². The lowest BCUT2D eigenvalue weighted by molar-refractivity contribution is -0.138. The van der Waals surface area contributed by atoms with Gasteiger partial charge >= 0.3 is 6.18 Å². The first kappa shape index (κ1) is 24.4. The standard InChI is InChI=1S/C28H33F3N2O/c1-3-22-16-21(10-11-25(22)18-33-14-7-15-33)19-34-32-20(2)24-12-13-26(23-8-5-4-6-9-23)27(17-24)28(29,30)31/h7,10-14,16-17,23H,3-6,8-9,15,18-19H2,1-2H3. The van der Waals surface area contributed by atoms with Gasteiger partial charge in [-0.15, -0.1) is 0 Å². The van der Waals surface area contributed by atoms with Crippen molar-refractivity contribution in [3.8, 4) is 0 Å². The van der Waals surface area contributed by atoms with Crippen LogP contribution in [0.15, 0.2) is 53.8 Å². The molecule has 0 N–H and O–H groups in total. The second-order valence-electron chi connectivity index (χ2n) is 9.36. The summed E-state index contributed by atoms with van der Waals surface area (Å²) in [5.41, 5.74) is 4.34. The van der Waals surface area contributed by atoms with E-state index in [9.17, 15) is 13.2 Å². The van der Waals surface area contributed by atoms with Crippen molar-refractivity contribution in [3.63, 3.8) is 0 Å². The molecule has 4 rings (SSSR count). The third kappa shape index (κ3) is 5.83. The van der Waals surface area contributed by atoms with Crippen molar-refractivity contribution in [1.82, 2.24) is 4.90 Å². The summed E-state index contributed by atoms with van der Waals surface area (Å²) < 4.78 is 41.6. The first-order valence-corrected chi connectivity index (χ1v) is 12.2. The molecule has 0 unspecified atom stereocenters. The van der Waals surface area contributed by atoms with Crippen LogP contribution in [0.25, 0.3) is 0 Å². The van der Waals surface area contributed by atoms with Crippen molar-refractivity contribution < 1.29 is 18.0 Å². The van der Waals surface area contributed by atoms with Crippen molar-refractivity contribution >= 4 is 5.71 Å². The van der Waals surface area contributed by atoms with E-state index in [-0.39, 0.29) is 12.5 Å². The molecular formula is C28H33F3N2O. The molecule has 2 aromatic rings. The average molecular weight is 471 g/mol. The summed E-state index contributed by atoms with van der Waals surface area (Å²) >= 11 is 0. The molecule has 1 heterocycles. The Kier molecular flexibility index (Phi) is 7.64. The Labute approximate surface area is 200 Å². The van der Waals surface area contributed by atoms with Crippen LogP contribution in [0.1, 0.15) is 85.3 Å². The van der Waals surface area contributed by atoms with Crippen molar-refractivity contribution in [1.29, 1.82) is 0 Å². The summed E-state index contributed by atoms with van der Waals surface area (Å²) in [4.78, 5) is 7.80. The number of nitrogens with zero attached hydrogens (tertiary/aromatic N) is 2. The van der Waals surface area contributed by atoms with Crippen LogP contribution in [0.5, 0.6) is 0 Å². The fourth-order valence-electron chi connectivity index (χ4n) is 4.90. The smallest absolute Gasteiger partial charge is 0.391 e. The minimum atomic E-state index is -4.38. The summed E-state index contributed by atoms with van der Waals surface area (Å²) in [7, 11) is 0. The molecule has 0 radical (unpaired) electrons. The molecule has 1 aliphatic heterocycles. The highest BCUT2D eigenvalue weighted by Gasteiger charge is 2.36. The summed E-state index contributed by atoms with van der Waals surface area (Å²) in [5.74, 6) is -0.0132. The Hall–Kier alpha value is -2.76. The predicted molar refractivity (Wildman–Crippen MR) is 130 cm³/mol. The topological polar surface area (TPSA) is 24.8 Å². The Balaban J connectivity index is 1.45. The minimum Gasteiger partial charge on any atom is -0.391 e. The Morgan fingerprint density at radius 2 is 1.82 bits per heavy atom. The van der Waals surface area contributed by atoms with Gasteiger partial charge in [0.05, 0.1) is 11.3 Å². The number of aryl methyl sites for hydroxylation is 1. The highest BCUT2D eigenvalue weighted by atomic mass is 19.4. The third-order valence-corrected chi connectivity index (χ3v) is 6.94. The predicted octanol–water partition coefficient (Wildman–Crippen LogP) is 7.59. The summed E-state index contributed by atoms with van der Waals surface area (Å²) in [6.07, 6.45) is 5.52. The van der Waals surface area contributed by atoms with Crippen molar-refractivity contribution in [2.45, 2.75) is 77.6 Å². The molecule has 0 aromatic heterocycles. The fourth-order valence-corrected chi connectivity index (χ4v) is 4.90. The Bertz CT molecular complexity index is 1050. The van der Waals surface area contributed by atoms with Crippen LogP contribution >= 0.6 is 0 Å². The van der Waals surface area contributed by atoms with Crippen LogP contribution < -0.4 is 0 Å². The maximum Gasteiger partial charge on any atom is 0.416 e. The van der Waals surface area contributed by atoms with Crippen LogP contribution in [-0.2, 0) is 30.6 Å². The SMILES string of the molecule is CCc1cc(CON=C(C)c2ccc(C3CCCCC3)c(C(F)(F)F)c2)ccc1CN1C=CC1. The van der Waals surface area contributed by atoms with Crippen LogP contribution in [0, 0.1) is 0 Å². The number of benzene rings is 2. The zero-order valence-corrected chi connectivity index (χ0v) is 20.0. The zero-order valence-electron chi connectivity index (χ0n) is 20.0.